The average molecular weight is 404 g/mol. The minimum atomic E-state index is 0.0844. The first-order valence-corrected chi connectivity index (χ1v) is 10.9. The lowest BCUT2D eigenvalue weighted by atomic mass is 9.95. The van der Waals surface area contributed by atoms with Gasteiger partial charge in [0.2, 0.25) is 0 Å². The molecule has 4 atom stereocenters. The van der Waals surface area contributed by atoms with Crippen LogP contribution in [-0.4, -0.2) is 47.7 Å². The van der Waals surface area contributed by atoms with Crippen LogP contribution in [-0.2, 0) is 11.2 Å². The summed E-state index contributed by atoms with van der Waals surface area (Å²) in [4.78, 5) is 7.79. The van der Waals surface area contributed by atoms with Crippen molar-refractivity contribution >= 4 is 28.5 Å². The van der Waals surface area contributed by atoms with E-state index in [9.17, 15) is 0 Å². The van der Waals surface area contributed by atoms with Crippen LogP contribution >= 0.6 is 23.6 Å². The van der Waals surface area contributed by atoms with Gasteiger partial charge in [0, 0.05) is 30.6 Å². The Morgan fingerprint density at radius 3 is 2.78 bits per heavy atom. The van der Waals surface area contributed by atoms with E-state index in [1.165, 1.54) is 18.4 Å². The number of nitrogens with zero attached hydrogens (tertiary/aromatic N) is 2. The van der Waals surface area contributed by atoms with E-state index in [0.717, 1.165) is 23.0 Å². The van der Waals surface area contributed by atoms with Gasteiger partial charge < -0.3 is 15.0 Å². The quantitative estimate of drug-likeness (QED) is 0.672. The molecule has 2 aromatic rings. The van der Waals surface area contributed by atoms with Gasteiger partial charge in [-0.15, -0.1) is 11.3 Å². The highest BCUT2D eigenvalue weighted by molar-refractivity contribution is 7.80. The molecule has 4 unspecified atom stereocenters. The molecule has 0 aliphatic carbocycles. The van der Waals surface area contributed by atoms with E-state index in [2.05, 4.69) is 53.4 Å². The number of hydrogen-bond acceptors (Lipinski definition) is 5. The number of likely N-dealkylation sites (N-methyl/N-ethyl adjacent to an activating group) is 1. The van der Waals surface area contributed by atoms with Crippen molar-refractivity contribution in [2.24, 2.45) is 5.92 Å². The Labute approximate surface area is 172 Å². The zero-order valence-corrected chi connectivity index (χ0v) is 17.9. The van der Waals surface area contributed by atoms with Gasteiger partial charge in [-0.3, -0.25) is 0 Å². The van der Waals surface area contributed by atoms with Gasteiger partial charge in [-0.1, -0.05) is 49.5 Å². The lowest BCUT2D eigenvalue weighted by Gasteiger charge is -2.33. The summed E-state index contributed by atoms with van der Waals surface area (Å²) < 4.78 is 5.90. The zero-order valence-electron chi connectivity index (χ0n) is 16.3. The molecule has 1 N–H and O–H groups in total. The molecule has 2 heterocycles. The Morgan fingerprint density at radius 2 is 2.19 bits per heavy atom. The predicted octanol–water partition coefficient (Wildman–Crippen LogP) is 4.09. The van der Waals surface area contributed by atoms with Gasteiger partial charge in [0.15, 0.2) is 0 Å². The minimum absolute atomic E-state index is 0.0844. The molecular formula is C21H29N3OS2. The normalized spacial score (nSPS) is 20.9. The Bertz CT molecular complexity index is 707. The number of rotatable bonds is 8. The summed E-state index contributed by atoms with van der Waals surface area (Å²) >= 11 is 7.50. The maximum Gasteiger partial charge on any atom is 0.115 e. The number of methoxy groups -OCH3 is 1. The number of hydrogen-bond donors (Lipinski definition) is 1. The molecule has 1 aliphatic heterocycles. The lowest BCUT2D eigenvalue weighted by Crippen LogP contribution is -2.47. The summed E-state index contributed by atoms with van der Waals surface area (Å²) in [6, 6.07) is 11.0. The van der Waals surface area contributed by atoms with Crippen molar-refractivity contribution in [1.29, 1.82) is 0 Å². The van der Waals surface area contributed by atoms with Gasteiger partial charge in [0.05, 0.1) is 17.1 Å². The molecule has 0 bridgehead atoms. The molecule has 27 heavy (non-hydrogen) atoms. The molecule has 1 aliphatic rings. The van der Waals surface area contributed by atoms with Gasteiger partial charge in [-0.05, 0) is 38.4 Å². The fourth-order valence-electron chi connectivity index (χ4n) is 3.95. The summed E-state index contributed by atoms with van der Waals surface area (Å²) in [5.41, 5.74) is 1.28. The summed E-state index contributed by atoms with van der Waals surface area (Å²) in [6.07, 6.45) is 5.22. The smallest absolute Gasteiger partial charge is 0.115 e. The maximum atomic E-state index is 5.90. The summed E-state index contributed by atoms with van der Waals surface area (Å²) in [5.74, 6) is 0.147. The molecule has 1 saturated heterocycles. The second-order valence-corrected chi connectivity index (χ2v) is 8.67. The first-order chi connectivity index (χ1) is 13.1. The zero-order chi connectivity index (χ0) is 19.2. The molecule has 146 valence electrons. The third kappa shape index (κ3) is 5.13. The number of nitrogens with one attached hydrogen (secondary N) is 1. The van der Waals surface area contributed by atoms with E-state index in [1.807, 2.05) is 17.6 Å². The van der Waals surface area contributed by atoms with E-state index in [4.69, 9.17) is 17.0 Å². The molecule has 0 saturated carbocycles. The topological polar surface area (TPSA) is 37.4 Å². The molecule has 1 fully saturated rings. The molecule has 1 aromatic carbocycles. The van der Waals surface area contributed by atoms with Crippen LogP contribution in [0, 0.1) is 5.92 Å². The van der Waals surface area contributed by atoms with Gasteiger partial charge in [-0.2, -0.15) is 0 Å². The first kappa shape index (κ1) is 20.4. The summed E-state index contributed by atoms with van der Waals surface area (Å²) in [5, 5.41) is 6.69. The van der Waals surface area contributed by atoms with Gasteiger partial charge >= 0.3 is 0 Å². The third-order valence-corrected chi connectivity index (χ3v) is 6.86. The second-order valence-electron chi connectivity index (χ2n) is 7.30. The third-order valence-electron chi connectivity index (χ3n) is 5.48. The van der Waals surface area contributed by atoms with Crippen molar-refractivity contribution in [2.75, 3.05) is 20.7 Å². The second kappa shape index (κ2) is 9.73. The number of aromatic nitrogens is 1. The monoisotopic (exact) mass is 403 g/mol. The summed E-state index contributed by atoms with van der Waals surface area (Å²) in [6.45, 7) is 3.31. The van der Waals surface area contributed by atoms with Crippen molar-refractivity contribution < 1.29 is 4.74 Å². The molecule has 0 spiro atoms. The summed E-state index contributed by atoms with van der Waals surface area (Å²) in [7, 11) is 3.98. The van der Waals surface area contributed by atoms with Crippen molar-refractivity contribution in [3.8, 4) is 0 Å². The Kier molecular flexibility index (Phi) is 7.35. The molecule has 6 heteroatoms. The van der Waals surface area contributed by atoms with Crippen LogP contribution in [0.2, 0.25) is 0 Å². The van der Waals surface area contributed by atoms with Crippen LogP contribution in [0.3, 0.4) is 0 Å². The van der Waals surface area contributed by atoms with Crippen molar-refractivity contribution in [1.82, 2.24) is 15.2 Å². The Hall–Kier alpha value is -1.34. The van der Waals surface area contributed by atoms with Gasteiger partial charge in [0.1, 0.15) is 5.01 Å². The van der Waals surface area contributed by atoms with Gasteiger partial charge in [-0.25, -0.2) is 4.98 Å². The minimum Gasteiger partial charge on any atom is -0.379 e. The molecular weight excluding hydrogens is 374 g/mol. The van der Waals surface area contributed by atoms with Crippen molar-refractivity contribution in [2.45, 2.75) is 44.4 Å². The van der Waals surface area contributed by atoms with Crippen LogP contribution < -0.4 is 5.32 Å². The first-order valence-electron chi connectivity index (χ1n) is 9.57. The van der Waals surface area contributed by atoms with E-state index >= 15 is 0 Å². The molecule has 4 nitrogen and oxygen atoms in total. The fourth-order valence-corrected chi connectivity index (χ4v) is 4.92. The van der Waals surface area contributed by atoms with Crippen LogP contribution in [0.15, 0.2) is 41.9 Å². The van der Waals surface area contributed by atoms with Crippen LogP contribution in [0.4, 0.5) is 0 Å². The van der Waals surface area contributed by atoms with Crippen LogP contribution in [0.1, 0.15) is 36.4 Å². The molecule has 0 radical (unpaired) electrons. The molecule has 1 aromatic heterocycles. The largest absolute Gasteiger partial charge is 0.379 e. The number of thiazole rings is 1. The average Bonchev–Trinajstić information content (AvgIpc) is 3.35. The lowest BCUT2D eigenvalue weighted by molar-refractivity contribution is 0.0202. The highest BCUT2D eigenvalue weighted by Crippen LogP contribution is 2.27. The number of thiocarbonyl (C=S) groups is 1. The van der Waals surface area contributed by atoms with E-state index in [0.29, 0.717) is 6.04 Å². The Morgan fingerprint density at radius 1 is 1.41 bits per heavy atom. The van der Waals surface area contributed by atoms with Crippen LogP contribution in [0.25, 0.3) is 0 Å². The van der Waals surface area contributed by atoms with Crippen molar-refractivity contribution in [3.63, 3.8) is 0 Å². The Balaban J connectivity index is 1.71. The van der Waals surface area contributed by atoms with E-state index in [-0.39, 0.29) is 18.1 Å². The van der Waals surface area contributed by atoms with E-state index in [1.54, 1.807) is 18.4 Å². The SMILES string of the molecule is COC(C(C)C(=S)NC(Cc1ccccc1)c1nccs1)C1CCCN1C. The molecule has 0 amide bonds. The number of likely N-dealkylation sites (tertiary alicyclic amines) is 1. The van der Waals surface area contributed by atoms with Crippen LogP contribution in [0.5, 0.6) is 0 Å². The standard InChI is InChI=1S/C21H29N3OS2/c1-15(19(25-3)18-10-7-12-24(18)2)20(26)23-17(21-22-11-13-27-21)14-16-8-5-4-6-9-16/h4-6,8-9,11,13,15,17-19H,7,10,12,14H2,1-3H3,(H,23,26). The van der Waals surface area contributed by atoms with E-state index < -0.39 is 0 Å². The number of benzene rings is 1. The maximum absolute atomic E-state index is 5.90. The van der Waals surface area contributed by atoms with Crippen molar-refractivity contribution in [3.05, 3.63) is 52.5 Å². The highest BCUT2D eigenvalue weighted by Gasteiger charge is 2.35. The fraction of sp³-hybridized carbons (Fsp3) is 0.524. The highest BCUT2D eigenvalue weighted by atomic mass is 32.1. The predicted molar refractivity (Wildman–Crippen MR) is 116 cm³/mol. The van der Waals surface area contributed by atoms with Gasteiger partial charge in [0.25, 0.3) is 0 Å². The number of ether oxygens (including phenoxy) is 1. The molecule has 3 rings (SSSR count).